The third-order valence-corrected chi connectivity index (χ3v) is 6.36. The van der Waals surface area contributed by atoms with E-state index in [0.29, 0.717) is 42.2 Å². The molecule has 0 aliphatic heterocycles. The number of imidazole rings is 1. The van der Waals surface area contributed by atoms with Gasteiger partial charge in [-0.1, -0.05) is 67.6 Å². The number of hydrogen-bond acceptors (Lipinski definition) is 5. The van der Waals surface area contributed by atoms with Crippen LogP contribution in [0.2, 0.25) is 0 Å². The van der Waals surface area contributed by atoms with E-state index in [1.54, 1.807) is 12.4 Å². The number of halogens is 1. The predicted octanol–water partition coefficient (Wildman–Crippen LogP) is 6.49. The summed E-state index contributed by atoms with van der Waals surface area (Å²) in [6.07, 6.45) is 2.32. The van der Waals surface area contributed by atoms with Crippen molar-refractivity contribution in [1.29, 1.82) is 5.26 Å². The molecular weight excluding hydrogens is 463 g/mol. The van der Waals surface area contributed by atoms with E-state index in [4.69, 9.17) is 4.98 Å². The molecule has 0 aliphatic rings. The van der Waals surface area contributed by atoms with Gasteiger partial charge in [-0.2, -0.15) is 5.26 Å². The lowest BCUT2D eigenvalue weighted by molar-refractivity contribution is 0.629. The van der Waals surface area contributed by atoms with Gasteiger partial charge in [0.05, 0.1) is 29.3 Å². The predicted molar refractivity (Wildman–Crippen MR) is 145 cm³/mol. The molecule has 37 heavy (non-hydrogen) atoms. The first-order valence-electron chi connectivity index (χ1n) is 12.2. The smallest absolute Gasteiger partial charge is 0.164 e. The monoisotopic (exact) mass is 490 g/mol. The number of aryl methyl sites for hydroxylation is 2. The van der Waals surface area contributed by atoms with E-state index in [1.165, 1.54) is 17.2 Å². The van der Waals surface area contributed by atoms with Crippen molar-refractivity contribution in [3.63, 3.8) is 0 Å². The molecule has 0 atom stereocenters. The molecule has 0 radical (unpaired) electrons. The van der Waals surface area contributed by atoms with Crippen LogP contribution in [0.1, 0.15) is 29.2 Å². The molecule has 5 rings (SSSR count). The maximum atomic E-state index is 15.1. The van der Waals surface area contributed by atoms with Crippen LogP contribution in [-0.4, -0.2) is 14.5 Å². The van der Waals surface area contributed by atoms with Crippen LogP contribution in [0, 0.1) is 17.1 Å². The summed E-state index contributed by atoms with van der Waals surface area (Å²) in [6.45, 7) is 3.26. The van der Waals surface area contributed by atoms with Gasteiger partial charge in [0.1, 0.15) is 17.2 Å². The fourth-order valence-electron chi connectivity index (χ4n) is 4.49. The minimum Gasteiger partial charge on any atom is -0.361 e. The number of rotatable bonds is 8. The molecular formula is C30H27FN6. The number of hydrogen-bond donors (Lipinski definition) is 1. The first kappa shape index (κ1) is 24.0. The van der Waals surface area contributed by atoms with Gasteiger partial charge in [-0.3, -0.25) is 0 Å². The number of nitriles is 1. The highest BCUT2D eigenvalue weighted by Gasteiger charge is 2.19. The van der Waals surface area contributed by atoms with Crippen molar-refractivity contribution in [3.8, 4) is 6.07 Å². The highest BCUT2D eigenvalue weighted by atomic mass is 19.1. The van der Waals surface area contributed by atoms with Gasteiger partial charge >= 0.3 is 0 Å². The summed E-state index contributed by atoms with van der Waals surface area (Å²) in [6, 6.07) is 27.5. The van der Waals surface area contributed by atoms with Gasteiger partial charge < -0.3 is 14.8 Å². The normalized spacial score (nSPS) is 10.9. The number of nitrogens with zero attached hydrogens (tertiary/aromatic N) is 5. The second-order valence-corrected chi connectivity index (χ2v) is 8.96. The lowest BCUT2D eigenvalue weighted by atomic mass is 10.1. The van der Waals surface area contributed by atoms with E-state index >= 15 is 4.39 Å². The van der Waals surface area contributed by atoms with Crippen molar-refractivity contribution in [2.45, 2.75) is 26.4 Å². The van der Waals surface area contributed by atoms with Crippen LogP contribution in [0.15, 0.2) is 85.2 Å². The highest BCUT2D eigenvalue weighted by Crippen LogP contribution is 2.33. The molecule has 5 aromatic rings. The number of aromatic nitrogens is 3. The summed E-state index contributed by atoms with van der Waals surface area (Å²) in [7, 11) is 1.90. The van der Waals surface area contributed by atoms with Crippen LogP contribution >= 0.6 is 0 Å². The molecule has 0 amide bonds. The Morgan fingerprint density at radius 2 is 1.62 bits per heavy atom. The Labute approximate surface area is 215 Å². The molecule has 184 valence electrons. The molecule has 0 fully saturated rings. The van der Waals surface area contributed by atoms with E-state index in [0.717, 1.165) is 16.8 Å². The number of benzene rings is 3. The quantitative estimate of drug-likeness (QED) is 0.269. The maximum absolute atomic E-state index is 15.1. The summed E-state index contributed by atoms with van der Waals surface area (Å²) >= 11 is 0. The maximum Gasteiger partial charge on any atom is 0.164 e. The Kier molecular flexibility index (Phi) is 6.82. The minimum absolute atomic E-state index is 0.299. The Balaban J connectivity index is 1.62. The number of fused-ring (bicyclic) bond motifs is 1. The molecule has 2 heterocycles. The number of nitrogens with one attached hydrogen (secondary N) is 1. The highest BCUT2D eigenvalue weighted by molar-refractivity contribution is 5.89. The topological polar surface area (TPSA) is 69.8 Å². The first-order chi connectivity index (χ1) is 18.1. The van der Waals surface area contributed by atoms with Gasteiger partial charge in [0.15, 0.2) is 5.65 Å². The van der Waals surface area contributed by atoms with Crippen LogP contribution in [-0.2, 0) is 26.6 Å². The van der Waals surface area contributed by atoms with Crippen molar-refractivity contribution < 1.29 is 4.39 Å². The Morgan fingerprint density at radius 1 is 0.973 bits per heavy atom. The Hall–Kier alpha value is -4.70. The molecule has 0 bridgehead atoms. The van der Waals surface area contributed by atoms with Gasteiger partial charge in [-0.05, 0) is 35.2 Å². The minimum atomic E-state index is -0.477. The average molecular weight is 491 g/mol. The number of anilines is 3. The Bertz CT molecular complexity index is 1530. The standard InChI is InChI=1S/C30H27FN6/c1-3-24-14-23(17-32)15-25(31)28(24)34-27-16-26(29-30(35-27)36(2)20-33-29)37(18-21-10-6-4-7-11-21)19-22-12-8-5-9-13-22/h4-16,20H,3,18-19H2,1-2H3,(H,34,35). The van der Waals surface area contributed by atoms with E-state index in [9.17, 15) is 5.26 Å². The summed E-state index contributed by atoms with van der Waals surface area (Å²) in [5.74, 6) is 0.0327. The average Bonchev–Trinajstić information content (AvgIpc) is 3.30. The molecule has 0 spiro atoms. The summed E-state index contributed by atoms with van der Waals surface area (Å²) in [5.41, 5.74) is 6.05. The molecule has 0 unspecified atom stereocenters. The molecule has 6 nitrogen and oxygen atoms in total. The molecule has 0 saturated carbocycles. The van der Waals surface area contributed by atoms with Crippen molar-refractivity contribution >= 4 is 28.4 Å². The zero-order valence-corrected chi connectivity index (χ0v) is 20.8. The SMILES string of the molecule is CCc1cc(C#N)cc(F)c1Nc1cc(N(Cc2ccccc2)Cc2ccccc2)c2ncn(C)c2n1. The van der Waals surface area contributed by atoms with Crippen molar-refractivity contribution in [2.75, 3.05) is 10.2 Å². The third-order valence-electron chi connectivity index (χ3n) is 6.36. The van der Waals surface area contributed by atoms with Crippen molar-refractivity contribution in [3.05, 3.63) is 113 Å². The number of pyridine rings is 1. The first-order valence-corrected chi connectivity index (χ1v) is 12.2. The third kappa shape index (κ3) is 5.14. The zero-order valence-electron chi connectivity index (χ0n) is 20.8. The van der Waals surface area contributed by atoms with Crippen LogP contribution in [0.25, 0.3) is 11.2 Å². The van der Waals surface area contributed by atoms with Crippen LogP contribution < -0.4 is 10.2 Å². The molecule has 3 aromatic carbocycles. The molecule has 2 aromatic heterocycles. The van der Waals surface area contributed by atoms with Crippen molar-refractivity contribution in [1.82, 2.24) is 14.5 Å². The van der Waals surface area contributed by atoms with Crippen LogP contribution in [0.5, 0.6) is 0 Å². The fraction of sp³-hybridized carbons (Fsp3) is 0.167. The molecule has 0 aliphatic carbocycles. The summed E-state index contributed by atoms with van der Waals surface area (Å²) in [4.78, 5) is 11.7. The summed E-state index contributed by atoms with van der Waals surface area (Å²) in [5, 5.41) is 12.5. The van der Waals surface area contributed by atoms with Crippen LogP contribution in [0.3, 0.4) is 0 Å². The van der Waals surface area contributed by atoms with Crippen molar-refractivity contribution in [2.24, 2.45) is 7.05 Å². The van der Waals surface area contributed by atoms with E-state index in [-0.39, 0.29) is 0 Å². The lowest BCUT2D eigenvalue weighted by Gasteiger charge is -2.26. The zero-order chi connectivity index (χ0) is 25.8. The summed E-state index contributed by atoms with van der Waals surface area (Å²) < 4.78 is 16.9. The van der Waals surface area contributed by atoms with E-state index < -0.39 is 5.82 Å². The van der Waals surface area contributed by atoms with Crippen LogP contribution in [0.4, 0.5) is 21.6 Å². The molecule has 7 heteroatoms. The fourth-order valence-corrected chi connectivity index (χ4v) is 4.49. The molecule has 0 saturated heterocycles. The van der Waals surface area contributed by atoms with E-state index in [2.05, 4.69) is 39.5 Å². The van der Waals surface area contributed by atoms with Gasteiger partial charge in [-0.15, -0.1) is 0 Å². The Morgan fingerprint density at radius 3 is 2.22 bits per heavy atom. The van der Waals surface area contributed by atoms with E-state index in [1.807, 2.05) is 67.1 Å². The largest absolute Gasteiger partial charge is 0.361 e. The molecule has 1 N–H and O–H groups in total. The van der Waals surface area contributed by atoms with Gasteiger partial charge in [0.2, 0.25) is 0 Å². The lowest BCUT2D eigenvalue weighted by Crippen LogP contribution is -2.23. The van der Waals surface area contributed by atoms with Gasteiger partial charge in [0, 0.05) is 26.2 Å². The second-order valence-electron chi connectivity index (χ2n) is 8.96. The second kappa shape index (κ2) is 10.5. The van der Waals surface area contributed by atoms with Gasteiger partial charge in [-0.25, -0.2) is 14.4 Å². The van der Waals surface area contributed by atoms with Gasteiger partial charge in [0.25, 0.3) is 0 Å².